The lowest BCUT2D eigenvalue weighted by molar-refractivity contribution is -0.141. The van der Waals surface area contributed by atoms with E-state index in [9.17, 15) is 15.0 Å². The van der Waals surface area contributed by atoms with Crippen molar-refractivity contribution in [1.82, 2.24) is 0 Å². The molecule has 5 nitrogen and oxygen atoms in total. The number of hydrogen-bond acceptors (Lipinski definition) is 5. The largest absolute Gasteiger partial charge is 0.455 e. The predicted molar refractivity (Wildman–Crippen MR) is 132 cm³/mol. The molecule has 182 valence electrons. The van der Waals surface area contributed by atoms with Crippen molar-refractivity contribution in [1.29, 1.82) is 0 Å². The van der Waals surface area contributed by atoms with Gasteiger partial charge in [0.1, 0.15) is 6.10 Å². The third-order valence-electron chi connectivity index (χ3n) is 6.04. The van der Waals surface area contributed by atoms with Crippen LogP contribution in [0.15, 0.2) is 71.9 Å². The molecule has 7 atom stereocenters. The summed E-state index contributed by atoms with van der Waals surface area (Å²) in [4.78, 5) is 11.3. The maximum Gasteiger partial charge on any atom is 0.331 e. The van der Waals surface area contributed by atoms with E-state index in [1.807, 2.05) is 63.3 Å². The summed E-state index contributed by atoms with van der Waals surface area (Å²) in [6.45, 7) is 10.2. The summed E-state index contributed by atoms with van der Waals surface area (Å²) in [5, 5.41) is 20.8. The summed E-state index contributed by atoms with van der Waals surface area (Å²) in [6, 6.07) is 0. The monoisotopic (exact) mass is 456 g/mol. The van der Waals surface area contributed by atoms with E-state index in [1.165, 1.54) is 11.6 Å². The lowest BCUT2D eigenvalue weighted by Gasteiger charge is -2.38. The van der Waals surface area contributed by atoms with Gasteiger partial charge >= 0.3 is 5.97 Å². The summed E-state index contributed by atoms with van der Waals surface area (Å²) < 4.78 is 11.2. The highest BCUT2D eigenvalue weighted by Gasteiger charge is 2.35. The molecule has 1 saturated heterocycles. The molecule has 2 aliphatic heterocycles. The van der Waals surface area contributed by atoms with Crippen LogP contribution >= 0.6 is 0 Å². The molecule has 0 bridgehead atoms. The van der Waals surface area contributed by atoms with Crippen molar-refractivity contribution in [3.63, 3.8) is 0 Å². The minimum absolute atomic E-state index is 0.0122. The average molecular weight is 457 g/mol. The molecule has 2 N–H and O–H groups in total. The third kappa shape index (κ3) is 9.28. The van der Waals surface area contributed by atoms with E-state index in [0.717, 1.165) is 12.0 Å². The van der Waals surface area contributed by atoms with Crippen LogP contribution in [0.3, 0.4) is 0 Å². The SMILES string of the molecule is C/C=C/[C@@H]1O[C@H]([C@H](O)/C=C/C=C(\C)C[C@@H](C)/C=C(C)\C=C\[C@H]2CC=CC(=O)O2)CC(O)[C@@H]1C. The van der Waals surface area contributed by atoms with Crippen molar-refractivity contribution in [3.05, 3.63) is 71.9 Å². The zero-order chi connectivity index (χ0) is 24.4. The fourth-order valence-corrected chi connectivity index (χ4v) is 4.19. The Bertz CT molecular complexity index is 816. The first-order valence-electron chi connectivity index (χ1n) is 11.9. The average Bonchev–Trinajstić information content (AvgIpc) is 2.75. The van der Waals surface area contributed by atoms with Gasteiger partial charge in [-0.3, -0.25) is 0 Å². The predicted octanol–water partition coefficient (Wildman–Crippen LogP) is 4.98. The van der Waals surface area contributed by atoms with Crippen molar-refractivity contribution < 1.29 is 24.5 Å². The Kier molecular flexibility index (Phi) is 11.0. The summed E-state index contributed by atoms with van der Waals surface area (Å²) in [5.74, 6) is 0.0688. The Morgan fingerprint density at radius 1 is 1.30 bits per heavy atom. The lowest BCUT2D eigenvalue weighted by atomic mass is 9.88. The van der Waals surface area contributed by atoms with Gasteiger partial charge in [-0.15, -0.1) is 0 Å². The van der Waals surface area contributed by atoms with Crippen molar-refractivity contribution >= 4 is 5.97 Å². The molecule has 0 aromatic rings. The van der Waals surface area contributed by atoms with Gasteiger partial charge in [0.2, 0.25) is 0 Å². The van der Waals surface area contributed by atoms with E-state index in [1.54, 1.807) is 6.08 Å². The smallest absolute Gasteiger partial charge is 0.331 e. The van der Waals surface area contributed by atoms with Gasteiger partial charge in [-0.1, -0.05) is 73.6 Å². The van der Waals surface area contributed by atoms with Gasteiger partial charge in [0.05, 0.1) is 24.4 Å². The van der Waals surface area contributed by atoms with Crippen LogP contribution in [0.1, 0.15) is 53.9 Å². The molecular formula is C28H40O5. The Morgan fingerprint density at radius 2 is 2.06 bits per heavy atom. The van der Waals surface area contributed by atoms with Gasteiger partial charge in [0.25, 0.3) is 0 Å². The molecule has 33 heavy (non-hydrogen) atoms. The van der Waals surface area contributed by atoms with E-state index >= 15 is 0 Å². The van der Waals surface area contributed by atoms with E-state index in [0.29, 0.717) is 18.8 Å². The van der Waals surface area contributed by atoms with Crippen LogP contribution in [0.5, 0.6) is 0 Å². The Balaban J connectivity index is 1.85. The second-order valence-electron chi connectivity index (χ2n) is 9.28. The Morgan fingerprint density at radius 3 is 2.76 bits per heavy atom. The van der Waals surface area contributed by atoms with E-state index in [2.05, 4.69) is 19.9 Å². The van der Waals surface area contributed by atoms with Gasteiger partial charge in [0, 0.05) is 24.8 Å². The topological polar surface area (TPSA) is 76.0 Å². The molecular weight excluding hydrogens is 416 g/mol. The van der Waals surface area contributed by atoms with Gasteiger partial charge in [-0.25, -0.2) is 4.79 Å². The number of carbonyl (C=O) groups is 1. The van der Waals surface area contributed by atoms with Gasteiger partial charge in [-0.2, -0.15) is 0 Å². The lowest BCUT2D eigenvalue weighted by Crippen LogP contribution is -2.46. The van der Waals surface area contributed by atoms with E-state index < -0.39 is 18.3 Å². The minimum atomic E-state index is -0.766. The molecule has 0 amide bonds. The van der Waals surface area contributed by atoms with E-state index in [4.69, 9.17) is 9.47 Å². The second-order valence-corrected chi connectivity index (χ2v) is 9.28. The number of aliphatic hydroxyl groups is 2. The molecule has 1 fully saturated rings. The Labute approximate surface area is 198 Å². The zero-order valence-electron chi connectivity index (χ0n) is 20.6. The first kappa shape index (κ1) is 27.0. The third-order valence-corrected chi connectivity index (χ3v) is 6.04. The summed E-state index contributed by atoms with van der Waals surface area (Å²) in [5.41, 5.74) is 2.33. The highest BCUT2D eigenvalue weighted by molar-refractivity contribution is 5.82. The van der Waals surface area contributed by atoms with Gasteiger partial charge in [-0.05, 0) is 39.2 Å². The molecule has 2 rings (SSSR count). The fraction of sp³-hybridized carbons (Fsp3) is 0.536. The number of aliphatic hydroxyl groups excluding tert-OH is 2. The van der Waals surface area contributed by atoms with Crippen molar-refractivity contribution in [2.24, 2.45) is 11.8 Å². The zero-order valence-corrected chi connectivity index (χ0v) is 20.6. The molecule has 1 unspecified atom stereocenters. The van der Waals surface area contributed by atoms with Gasteiger partial charge < -0.3 is 19.7 Å². The maximum absolute atomic E-state index is 11.3. The first-order chi connectivity index (χ1) is 15.7. The fourth-order valence-electron chi connectivity index (χ4n) is 4.19. The van der Waals surface area contributed by atoms with Crippen LogP contribution in [0.25, 0.3) is 0 Å². The molecule has 0 aromatic heterocycles. The highest BCUT2D eigenvalue weighted by atomic mass is 16.5. The normalized spacial score (nSPS) is 31.5. The van der Waals surface area contributed by atoms with E-state index in [-0.39, 0.29) is 24.1 Å². The summed E-state index contributed by atoms with van der Waals surface area (Å²) in [7, 11) is 0. The van der Waals surface area contributed by atoms with Crippen LogP contribution in [0.2, 0.25) is 0 Å². The number of cyclic esters (lactones) is 1. The summed E-state index contributed by atoms with van der Waals surface area (Å²) in [6.07, 6.45) is 18.9. The van der Waals surface area contributed by atoms with Crippen molar-refractivity contribution in [2.45, 2.75) is 84.4 Å². The molecule has 0 saturated carbocycles. The van der Waals surface area contributed by atoms with Crippen LogP contribution in [0, 0.1) is 11.8 Å². The van der Waals surface area contributed by atoms with Crippen LogP contribution < -0.4 is 0 Å². The quantitative estimate of drug-likeness (QED) is 0.291. The summed E-state index contributed by atoms with van der Waals surface area (Å²) >= 11 is 0. The number of esters is 1. The number of allylic oxidation sites excluding steroid dienone is 7. The van der Waals surface area contributed by atoms with Gasteiger partial charge in [0.15, 0.2) is 0 Å². The standard InChI is InChI=1S/C28H40O5/c1-6-9-26-22(5)25(30)18-27(33-26)24(29)12-7-10-19(2)16-21(4)17-20(3)14-15-23-11-8-13-28(31)32-23/h6-10,12-15,17,21-27,29-30H,11,16,18H2,1-5H3/b9-6+,12-7+,15-14+,19-10+,20-17-/t21-,22+,23-,24-,25?,26+,27+/m1/s1. The number of carbonyl (C=O) groups excluding carboxylic acids is 1. The highest BCUT2D eigenvalue weighted by Crippen LogP contribution is 2.28. The van der Waals surface area contributed by atoms with Crippen LogP contribution in [-0.2, 0) is 14.3 Å². The van der Waals surface area contributed by atoms with Crippen molar-refractivity contribution in [3.8, 4) is 0 Å². The molecule has 5 heteroatoms. The van der Waals surface area contributed by atoms with Crippen molar-refractivity contribution in [2.75, 3.05) is 0 Å². The maximum atomic E-state index is 11.3. The molecule has 2 heterocycles. The molecule has 2 aliphatic rings. The van der Waals surface area contributed by atoms with Crippen LogP contribution in [0.4, 0.5) is 0 Å². The number of ether oxygens (including phenoxy) is 2. The number of rotatable bonds is 9. The molecule has 0 aromatic carbocycles. The van der Waals surface area contributed by atoms with Crippen LogP contribution in [-0.4, -0.2) is 46.7 Å². The first-order valence-corrected chi connectivity index (χ1v) is 11.9. The second kappa shape index (κ2) is 13.5. The number of hydrogen-bond donors (Lipinski definition) is 2. The molecule has 0 spiro atoms. The molecule has 0 radical (unpaired) electrons. The molecule has 0 aliphatic carbocycles. The minimum Gasteiger partial charge on any atom is -0.455 e. The Hall–Kier alpha value is -2.21.